The Balaban J connectivity index is 1.59. The predicted octanol–water partition coefficient (Wildman–Crippen LogP) is 2.14. The van der Waals surface area contributed by atoms with Crippen molar-refractivity contribution in [2.75, 3.05) is 33.7 Å². The Labute approximate surface area is 174 Å². The average molecular weight is 402 g/mol. The molecule has 29 heavy (non-hydrogen) atoms. The molecule has 2 aliphatic rings. The van der Waals surface area contributed by atoms with Crippen molar-refractivity contribution in [2.45, 2.75) is 58.0 Å². The van der Waals surface area contributed by atoms with Crippen molar-refractivity contribution in [1.82, 2.24) is 24.9 Å². The van der Waals surface area contributed by atoms with E-state index in [1.807, 2.05) is 9.58 Å². The van der Waals surface area contributed by atoms with Gasteiger partial charge in [-0.25, -0.2) is 0 Å². The lowest BCUT2D eigenvalue weighted by molar-refractivity contribution is -0.130. The van der Waals surface area contributed by atoms with E-state index in [-0.39, 0.29) is 17.7 Å². The highest BCUT2D eigenvalue weighted by atomic mass is 16.2. The Morgan fingerprint density at radius 2 is 1.97 bits per heavy atom. The van der Waals surface area contributed by atoms with E-state index in [4.69, 9.17) is 5.10 Å². The number of carbonyl (C=O) groups excluding carboxylic acids is 2. The van der Waals surface area contributed by atoms with Crippen LogP contribution in [-0.2, 0) is 22.7 Å². The van der Waals surface area contributed by atoms with Gasteiger partial charge in [0.1, 0.15) is 0 Å². The van der Waals surface area contributed by atoms with E-state index in [1.54, 1.807) is 6.92 Å². The predicted molar refractivity (Wildman–Crippen MR) is 113 cm³/mol. The van der Waals surface area contributed by atoms with Gasteiger partial charge in [0.25, 0.3) is 0 Å². The Hall–Kier alpha value is -2.15. The zero-order chi connectivity index (χ0) is 20.8. The van der Waals surface area contributed by atoms with Crippen LogP contribution in [0, 0.1) is 5.92 Å². The summed E-state index contributed by atoms with van der Waals surface area (Å²) in [5, 5.41) is 7.99. The maximum Gasteiger partial charge on any atom is 0.223 e. The molecule has 1 fully saturated rings. The Bertz CT molecular complexity index is 732. The molecule has 0 spiro atoms. The minimum Gasteiger partial charge on any atom is -0.354 e. The molecule has 7 nitrogen and oxygen atoms in total. The summed E-state index contributed by atoms with van der Waals surface area (Å²) in [6.45, 7) is 5.36. The molecule has 1 aliphatic carbocycles. The topological polar surface area (TPSA) is 70.5 Å². The number of hydrogen-bond donors (Lipinski definition) is 1. The number of likely N-dealkylation sites (tertiary alicyclic amines) is 1. The standard InChI is InChI=1S/C22H35N5O2/c1-17(28)26-12-9-18(10-13-26)21-15-20(16-25(2)3)27(24-21)14-11-23-22(29)19-7-5-4-6-8-19/h4-5,15,18-19H,6-14,16H2,1-3H3,(H,23,29)/t19-/m1/s1. The minimum atomic E-state index is 0.112. The van der Waals surface area contributed by atoms with Gasteiger partial charge in [-0.1, -0.05) is 12.2 Å². The molecule has 160 valence electrons. The van der Waals surface area contributed by atoms with Crippen LogP contribution < -0.4 is 5.32 Å². The normalized spacial score (nSPS) is 20.3. The highest BCUT2D eigenvalue weighted by molar-refractivity contribution is 5.78. The monoisotopic (exact) mass is 401 g/mol. The van der Waals surface area contributed by atoms with Crippen molar-refractivity contribution < 1.29 is 9.59 Å². The molecule has 0 aromatic carbocycles. The van der Waals surface area contributed by atoms with Crippen molar-refractivity contribution in [3.05, 3.63) is 29.6 Å². The van der Waals surface area contributed by atoms with E-state index in [0.717, 1.165) is 57.4 Å². The molecule has 1 aromatic rings. The highest BCUT2D eigenvalue weighted by Gasteiger charge is 2.25. The Morgan fingerprint density at radius 3 is 2.59 bits per heavy atom. The molecule has 0 radical (unpaired) electrons. The number of rotatable bonds is 7. The molecule has 2 heterocycles. The average Bonchev–Trinajstić information content (AvgIpc) is 3.10. The van der Waals surface area contributed by atoms with Crippen molar-refractivity contribution in [1.29, 1.82) is 0 Å². The molecule has 1 aromatic heterocycles. The number of allylic oxidation sites excluding steroid dienone is 2. The van der Waals surface area contributed by atoms with Gasteiger partial charge in [-0.05, 0) is 52.3 Å². The number of nitrogens with zero attached hydrogens (tertiary/aromatic N) is 4. The van der Waals surface area contributed by atoms with Crippen LogP contribution in [0.25, 0.3) is 0 Å². The minimum absolute atomic E-state index is 0.112. The number of piperidine rings is 1. The van der Waals surface area contributed by atoms with E-state index < -0.39 is 0 Å². The number of hydrogen-bond acceptors (Lipinski definition) is 4. The lowest BCUT2D eigenvalue weighted by atomic mass is 9.93. The third kappa shape index (κ3) is 5.92. The molecule has 1 atom stereocenters. The van der Waals surface area contributed by atoms with Crippen molar-refractivity contribution in [2.24, 2.45) is 5.92 Å². The quantitative estimate of drug-likeness (QED) is 0.711. The molecule has 3 rings (SSSR count). The summed E-state index contributed by atoms with van der Waals surface area (Å²) in [7, 11) is 4.11. The molecule has 2 amide bonds. The number of nitrogens with one attached hydrogen (secondary N) is 1. The van der Waals surface area contributed by atoms with Gasteiger partial charge in [0.05, 0.1) is 17.9 Å². The third-order valence-corrected chi connectivity index (χ3v) is 5.98. The zero-order valence-electron chi connectivity index (χ0n) is 18.1. The maximum atomic E-state index is 12.4. The summed E-state index contributed by atoms with van der Waals surface area (Å²) in [4.78, 5) is 28.0. The van der Waals surface area contributed by atoms with Crippen molar-refractivity contribution in [3.8, 4) is 0 Å². The first kappa shape index (κ1) is 21.6. The molecule has 0 saturated carbocycles. The highest BCUT2D eigenvalue weighted by Crippen LogP contribution is 2.28. The van der Waals surface area contributed by atoms with Gasteiger partial charge in [0, 0.05) is 44.9 Å². The van der Waals surface area contributed by atoms with Crippen LogP contribution in [0.2, 0.25) is 0 Å². The van der Waals surface area contributed by atoms with Crippen LogP contribution in [0.15, 0.2) is 18.2 Å². The second kappa shape index (κ2) is 10.1. The van der Waals surface area contributed by atoms with Crippen molar-refractivity contribution in [3.63, 3.8) is 0 Å². The first-order chi connectivity index (χ1) is 13.9. The Morgan fingerprint density at radius 1 is 1.21 bits per heavy atom. The lowest BCUT2D eigenvalue weighted by Gasteiger charge is -2.30. The smallest absolute Gasteiger partial charge is 0.223 e. The molecule has 0 unspecified atom stereocenters. The largest absolute Gasteiger partial charge is 0.354 e. The first-order valence-corrected chi connectivity index (χ1v) is 10.8. The summed E-state index contributed by atoms with van der Waals surface area (Å²) in [6, 6.07) is 2.21. The lowest BCUT2D eigenvalue weighted by Crippen LogP contribution is -2.36. The van der Waals surface area contributed by atoms with Crippen LogP contribution >= 0.6 is 0 Å². The second-order valence-electron chi connectivity index (χ2n) is 8.57. The van der Waals surface area contributed by atoms with Gasteiger partial charge < -0.3 is 15.1 Å². The van der Waals surface area contributed by atoms with Crippen LogP contribution in [0.5, 0.6) is 0 Å². The van der Waals surface area contributed by atoms with Gasteiger partial charge >= 0.3 is 0 Å². The van der Waals surface area contributed by atoms with Gasteiger partial charge in [-0.15, -0.1) is 0 Å². The first-order valence-electron chi connectivity index (χ1n) is 10.8. The fourth-order valence-electron chi connectivity index (χ4n) is 4.27. The molecule has 1 aliphatic heterocycles. The Kier molecular flexibility index (Phi) is 7.47. The fourth-order valence-corrected chi connectivity index (χ4v) is 4.27. The number of amides is 2. The van der Waals surface area contributed by atoms with E-state index >= 15 is 0 Å². The SMILES string of the molecule is CC(=O)N1CCC(c2cc(CN(C)C)n(CCNC(=O)[C@@H]3CC=CCC3)n2)CC1. The van der Waals surface area contributed by atoms with Crippen LogP contribution in [0.1, 0.15) is 56.3 Å². The molecule has 1 saturated heterocycles. The number of aromatic nitrogens is 2. The van der Waals surface area contributed by atoms with E-state index in [9.17, 15) is 9.59 Å². The zero-order valence-corrected chi connectivity index (χ0v) is 18.1. The van der Waals surface area contributed by atoms with Crippen molar-refractivity contribution >= 4 is 11.8 Å². The van der Waals surface area contributed by atoms with Gasteiger partial charge in [-0.2, -0.15) is 5.10 Å². The third-order valence-electron chi connectivity index (χ3n) is 5.98. The summed E-state index contributed by atoms with van der Waals surface area (Å²) in [5.41, 5.74) is 2.29. The van der Waals surface area contributed by atoms with E-state index in [0.29, 0.717) is 19.0 Å². The molecule has 7 heteroatoms. The molecule has 0 bridgehead atoms. The summed E-state index contributed by atoms with van der Waals surface area (Å²) in [5.74, 6) is 0.830. The number of carbonyl (C=O) groups is 2. The maximum absolute atomic E-state index is 12.4. The fraction of sp³-hybridized carbons (Fsp3) is 0.682. The second-order valence-corrected chi connectivity index (χ2v) is 8.57. The molecular formula is C22H35N5O2. The summed E-state index contributed by atoms with van der Waals surface area (Å²) >= 11 is 0. The van der Waals surface area contributed by atoms with Gasteiger partial charge in [-0.3, -0.25) is 14.3 Å². The molecular weight excluding hydrogens is 366 g/mol. The van der Waals surface area contributed by atoms with E-state index in [2.05, 4.69) is 42.5 Å². The van der Waals surface area contributed by atoms with Gasteiger partial charge in [0.15, 0.2) is 0 Å². The summed E-state index contributed by atoms with van der Waals surface area (Å²) < 4.78 is 2.05. The summed E-state index contributed by atoms with van der Waals surface area (Å²) in [6.07, 6.45) is 8.98. The van der Waals surface area contributed by atoms with Gasteiger partial charge in [0.2, 0.25) is 11.8 Å². The van der Waals surface area contributed by atoms with E-state index in [1.165, 1.54) is 5.69 Å². The molecule has 1 N–H and O–H groups in total. The van der Waals surface area contributed by atoms with Crippen LogP contribution in [-0.4, -0.2) is 65.1 Å². The van der Waals surface area contributed by atoms with Crippen LogP contribution in [0.4, 0.5) is 0 Å². The van der Waals surface area contributed by atoms with Crippen LogP contribution in [0.3, 0.4) is 0 Å².